The van der Waals surface area contributed by atoms with Crippen LogP contribution >= 0.6 is 24.0 Å². The molecule has 5 heteroatoms. The van der Waals surface area contributed by atoms with Crippen LogP contribution in [-0.4, -0.2) is 50.1 Å². The lowest BCUT2D eigenvalue weighted by Gasteiger charge is -2.25. The largest absolute Gasteiger partial charge is 0.356 e. The molecule has 4 nitrogen and oxygen atoms in total. The zero-order valence-corrected chi connectivity index (χ0v) is 18.1. The normalized spacial score (nSPS) is 15.8. The van der Waals surface area contributed by atoms with Gasteiger partial charge in [-0.05, 0) is 52.6 Å². The number of rotatable bonds is 7. The predicted molar refractivity (Wildman–Crippen MR) is 115 cm³/mol. The second-order valence-electron chi connectivity index (χ2n) is 6.87. The number of hydrogen-bond donors (Lipinski definition) is 2. The van der Waals surface area contributed by atoms with E-state index in [1.165, 1.54) is 29.5 Å². The molecule has 1 aliphatic carbocycles. The minimum Gasteiger partial charge on any atom is -0.356 e. The summed E-state index contributed by atoms with van der Waals surface area (Å²) in [5.41, 5.74) is 4.05. The van der Waals surface area contributed by atoms with Gasteiger partial charge in [0.1, 0.15) is 0 Å². The van der Waals surface area contributed by atoms with Gasteiger partial charge in [-0.2, -0.15) is 0 Å². The molecule has 0 aliphatic heterocycles. The summed E-state index contributed by atoms with van der Waals surface area (Å²) in [4.78, 5) is 6.79. The van der Waals surface area contributed by atoms with Gasteiger partial charge < -0.3 is 10.6 Å². The van der Waals surface area contributed by atoms with Gasteiger partial charge in [0.05, 0.1) is 0 Å². The molecule has 1 aromatic carbocycles. The summed E-state index contributed by atoms with van der Waals surface area (Å²) in [6, 6.07) is 8.07. The highest BCUT2D eigenvalue weighted by atomic mass is 127. The average molecular weight is 444 g/mol. The molecule has 1 fully saturated rings. The standard InChI is InChI=1S/C19H32N4.HI/c1-14-10-15(2)12-17(11-14)8-9-21-19(20-4)22-13-16(3)23(5)18-6-7-18;/h10-12,16,18H,6-9,13H2,1-5H3,(H2,20,21,22);1H. The van der Waals surface area contributed by atoms with Crippen molar-refractivity contribution in [1.82, 2.24) is 15.5 Å². The van der Waals surface area contributed by atoms with Crippen LogP contribution in [-0.2, 0) is 6.42 Å². The summed E-state index contributed by atoms with van der Waals surface area (Å²) in [7, 11) is 4.06. The molecule has 2 N–H and O–H groups in total. The highest BCUT2D eigenvalue weighted by Crippen LogP contribution is 2.26. The second-order valence-corrected chi connectivity index (χ2v) is 6.87. The van der Waals surface area contributed by atoms with E-state index in [0.717, 1.165) is 31.5 Å². The average Bonchev–Trinajstić information content (AvgIpc) is 3.33. The predicted octanol–water partition coefficient (Wildman–Crippen LogP) is 3.11. The first-order valence-corrected chi connectivity index (χ1v) is 8.73. The van der Waals surface area contributed by atoms with Crippen LogP contribution in [0.1, 0.15) is 36.5 Å². The molecule has 24 heavy (non-hydrogen) atoms. The highest BCUT2D eigenvalue weighted by Gasteiger charge is 2.28. The first-order chi connectivity index (χ1) is 11.0. The fraction of sp³-hybridized carbons (Fsp3) is 0.632. The van der Waals surface area contributed by atoms with Crippen molar-refractivity contribution >= 4 is 29.9 Å². The highest BCUT2D eigenvalue weighted by molar-refractivity contribution is 14.0. The Morgan fingerprint density at radius 1 is 1.21 bits per heavy atom. The molecule has 2 rings (SSSR count). The van der Waals surface area contributed by atoms with E-state index in [-0.39, 0.29) is 24.0 Å². The van der Waals surface area contributed by atoms with Gasteiger partial charge in [0.2, 0.25) is 0 Å². The van der Waals surface area contributed by atoms with Crippen molar-refractivity contribution in [1.29, 1.82) is 0 Å². The van der Waals surface area contributed by atoms with E-state index in [9.17, 15) is 0 Å². The lowest BCUT2D eigenvalue weighted by Crippen LogP contribution is -2.45. The number of nitrogens with zero attached hydrogens (tertiary/aromatic N) is 2. The zero-order valence-electron chi connectivity index (χ0n) is 15.7. The first kappa shape index (κ1) is 21.2. The van der Waals surface area contributed by atoms with Crippen LogP contribution in [0, 0.1) is 13.8 Å². The third kappa shape index (κ3) is 6.97. The van der Waals surface area contributed by atoms with E-state index in [0.29, 0.717) is 6.04 Å². The minimum atomic E-state index is 0. The van der Waals surface area contributed by atoms with Crippen molar-refractivity contribution < 1.29 is 0 Å². The molecule has 1 saturated carbocycles. The van der Waals surface area contributed by atoms with Gasteiger partial charge >= 0.3 is 0 Å². The number of likely N-dealkylation sites (N-methyl/N-ethyl adjacent to an activating group) is 1. The second kappa shape index (κ2) is 10.2. The Morgan fingerprint density at radius 3 is 2.38 bits per heavy atom. The van der Waals surface area contributed by atoms with E-state index in [2.05, 4.69) is 66.5 Å². The van der Waals surface area contributed by atoms with E-state index in [4.69, 9.17) is 0 Å². The molecule has 0 radical (unpaired) electrons. The fourth-order valence-corrected chi connectivity index (χ4v) is 2.99. The minimum absolute atomic E-state index is 0. The van der Waals surface area contributed by atoms with Crippen LogP contribution in [0.15, 0.2) is 23.2 Å². The van der Waals surface area contributed by atoms with Crippen LogP contribution in [0.4, 0.5) is 0 Å². The van der Waals surface area contributed by atoms with Gasteiger partial charge in [0.15, 0.2) is 5.96 Å². The molecule has 0 heterocycles. The van der Waals surface area contributed by atoms with Crippen molar-refractivity contribution in [3.05, 3.63) is 34.9 Å². The van der Waals surface area contributed by atoms with Gasteiger partial charge in [-0.25, -0.2) is 0 Å². The topological polar surface area (TPSA) is 39.7 Å². The maximum Gasteiger partial charge on any atom is 0.191 e. The molecule has 1 aromatic rings. The van der Waals surface area contributed by atoms with E-state index >= 15 is 0 Å². The van der Waals surface area contributed by atoms with Gasteiger partial charge in [0.25, 0.3) is 0 Å². The van der Waals surface area contributed by atoms with Gasteiger partial charge in [-0.15, -0.1) is 24.0 Å². The van der Waals surface area contributed by atoms with Crippen molar-refractivity contribution in [2.45, 2.75) is 52.1 Å². The third-order valence-corrected chi connectivity index (χ3v) is 4.59. The Bertz CT molecular complexity index is 520. The van der Waals surface area contributed by atoms with Crippen LogP contribution in [0.2, 0.25) is 0 Å². The first-order valence-electron chi connectivity index (χ1n) is 8.73. The molecule has 0 bridgehead atoms. The summed E-state index contributed by atoms with van der Waals surface area (Å²) in [5.74, 6) is 0.894. The number of hydrogen-bond acceptors (Lipinski definition) is 2. The summed E-state index contributed by atoms with van der Waals surface area (Å²) in [5, 5.41) is 6.86. The van der Waals surface area contributed by atoms with Crippen molar-refractivity contribution in [2.24, 2.45) is 4.99 Å². The van der Waals surface area contributed by atoms with Gasteiger partial charge in [0, 0.05) is 32.2 Å². The van der Waals surface area contributed by atoms with Gasteiger partial charge in [-0.1, -0.05) is 29.3 Å². The molecule has 1 aliphatic rings. The van der Waals surface area contributed by atoms with E-state index in [1.54, 1.807) is 0 Å². The molecule has 0 spiro atoms. The van der Waals surface area contributed by atoms with Crippen LogP contribution in [0.3, 0.4) is 0 Å². The summed E-state index contributed by atoms with van der Waals surface area (Å²) < 4.78 is 0. The number of nitrogens with one attached hydrogen (secondary N) is 2. The van der Waals surface area contributed by atoms with E-state index in [1.807, 2.05) is 7.05 Å². The Hall–Kier alpha value is -0.820. The number of aryl methyl sites for hydroxylation is 2. The summed E-state index contributed by atoms with van der Waals surface area (Å²) in [6.45, 7) is 8.41. The summed E-state index contributed by atoms with van der Waals surface area (Å²) in [6.07, 6.45) is 3.72. The monoisotopic (exact) mass is 444 g/mol. The molecule has 1 atom stereocenters. The Morgan fingerprint density at radius 2 is 1.83 bits per heavy atom. The number of halogens is 1. The fourth-order valence-electron chi connectivity index (χ4n) is 2.99. The molecule has 0 aromatic heterocycles. The molecular formula is C19H33IN4. The maximum atomic E-state index is 4.32. The Labute approximate surface area is 164 Å². The molecule has 0 amide bonds. The Kier molecular flexibility index (Phi) is 9.05. The molecule has 0 saturated heterocycles. The molecule has 1 unspecified atom stereocenters. The Balaban J connectivity index is 0.00000288. The van der Waals surface area contributed by atoms with Gasteiger partial charge in [-0.3, -0.25) is 9.89 Å². The SMILES string of the molecule is CN=C(NCCc1cc(C)cc(C)c1)NCC(C)N(C)C1CC1.I. The van der Waals surface area contributed by atoms with Crippen molar-refractivity contribution in [3.63, 3.8) is 0 Å². The lowest BCUT2D eigenvalue weighted by molar-refractivity contribution is 0.247. The van der Waals surface area contributed by atoms with Crippen molar-refractivity contribution in [2.75, 3.05) is 27.2 Å². The smallest absolute Gasteiger partial charge is 0.191 e. The third-order valence-electron chi connectivity index (χ3n) is 4.59. The number of benzene rings is 1. The van der Waals surface area contributed by atoms with Crippen molar-refractivity contribution in [3.8, 4) is 0 Å². The van der Waals surface area contributed by atoms with Crippen LogP contribution < -0.4 is 10.6 Å². The molecular weight excluding hydrogens is 411 g/mol. The number of guanidine groups is 1. The lowest BCUT2D eigenvalue weighted by atomic mass is 10.1. The van der Waals surface area contributed by atoms with E-state index < -0.39 is 0 Å². The summed E-state index contributed by atoms with van der Waals surface area (Å²) >= 11 is 0. The maximum absolute atomic E-state index is 4.32. The zero-order chi connectivity index (χ0) is 16.8. The van der Waals surface area contributed by atoms with Crippen LogP contribution in [0.25, 0.3) is 0 Å². The number of aliphatic imine (C=N–C) groups is 1. The van der Waals surface area contributed by atoms with Crippen LogP contribution in [0.5, 0.6) is 0 Å². The quantitative estimate of drug-likeness (QED) is 0.386. The molecule has 136 valence electrons.